The molecule has 8 nitrogen and oxygen atoms in total. The molecule has 42 heavy (non-hydrogen) atoms. The average molecular weight is 565 g/mol. The van der Waals surface area contributed by atoms with Gasteiger partial charge in [0.15, 0.2) is 0 Å². The van der Waals surface area contributed by atoms with Crippen molar-refractivity contribution >= 4 is 23.2 Å². The zero-order valence-electron chi connectivity index (χ0n) is 24.2. The van der Waals surface area contributed by atoms with Crippen LogP contribution in [0.25, 0.3) is 0 Å². The van der Waals surface area contributed by atoms with Crippen molar-refractivity contribution in [3.63, 3.8) is 0 Å². The van der Waals surface area contributed by atoms with Gasteiger partial charge in [0.2, 0.25) is 0 Å². The fourth-order valence-electron chi connectivity index (χ4n) is 5.34. The summed E-state index contributed by atoms with van der Waals surface area (Å²) in [4.78, 5) is 41.2. The molecule has 2 heterocycles. The van der Waals surface area contributed by atoms with Crippen molar-refractivity contribution < 1.29 is 9.59 Å². The number of amides is 2. The smallest absolute Gasteiger partial charge is 0.253 e. The molecule has 0 fully saturated rings. The van der Waals surface area contributed by atoms with Crippen LogP contribution in [-0.4, -0.2) is 85.4 Å². The van der Waals surface area contributed by atoms with Crippen LogP contribution in [0.15, 0.2) is 106 Å². The Kier molecular flexibility index (Phi) is 10.3. The van der Waals surface area contributed by atoms with Crippen LogP contribution in [-0.2, 0) is 0 Å². The van der Waals surface area contributed by atoms with Gasteiger partial charge in [-0.25, -0.2) is 0 Å². The minimum absolute atomic E-state index is 0.0477. The Morgan fingerprint density at radius 1 is 0.595 bits per heavy atom. The van der Waals surface area contributed by atoms with Gasteiger partial charge in [0.1, 0.15) is 0 Å². The molecule has 0 spiro atoms. The highest BCUT2D eigenvalue weighted by Crippen LogP contribution is 2.15. The highest BCUT2D eigenvalue weighted by Gasteiger charge is 2.21. The number of nitrogens with zero attached hydrogens (tertiary/aromatic N) is 4. The predicted octanol–water partition coefficient (Wildman–Crippen LogP) is 4.24. The monoisotopic (exact) mass is 564 g/mol. The molecular formula is C34H40N6O2. The highest BCUT2D eigenvalue weighted by molar-refractivity contribution is 6.09. The van der Waals surface area contributed by atoms with Crippen LogP contribution in [0.1, 0.15) is 46.4 Å². The SMILES string of the molecule is O=C1c2cccc(c2)C(=O)N2CCCNC3=CC=CC=CC3=NCCCN1CCCN=C1C=CC=CC=C1NCCC2. The van der Waals surface area contributed by atoms with Crippen LogP contribution >= 0.6 is 0 Å². The minimum Gasteiger partial charge on any atom is -0.383 e. The number of allylic oxidation sites excluding steroid dienone is 10. The molecular weight excluding hydrogens is 524 g/mol. The van der Waals surface area contributed by atoms with E-state index in [0.717, 1.165) is 48.5 Å². The molecule has 4 aliphatic rings. The molecule has 0 unspecified atom stereocenters. The Morgan fingerprint density at radius 2 is 1.07 bits per heavy atom. The number of carbonyl (C=O) groups excluding carboxylic acids is 2. The highest BCUT2D eigenvalue weighted by atomic mass is 16.2. The lowest BCUT2D eigenvalue weighted by molar-refractivity contribution is 0.0751. The Bertz CT molecular complexity index is 1320. The zero-order chi connectivity index (χ0) is 29.0. The quantitative estimate of drug-likeness (QED) is 0.494. The Morgan fingerprint density at radius 3 is 1.57 bits per heavy atom. The van der Waals surface area contributed by atoms with Gasteiger partial charge in [0.05, 0.1) is 22.8 Å². The Balaban J connectivity index is 1.48. The van der Waals surface area contributed by atoms with Gasteiger partial charge < -0.3 is 20.4 Å². The summed E-state index contributed by atoms with van der Waals surface area (Å²) in [5.41, 5.74) is 4.85. The van der Waals surface area contributed by atoms with Crippen molar-refractivity contribution in [1.82, 2.24) is 20.4 Å². The van der Waals surface area contributed by atoms with Crippen molar-refractivity contribution in [2.75, 3.05) is 52.4 Å². The normalized spacial score (nSPS) is 20.8. The molecule has 0 saturated carbocycles. The molecule has 2 aliphatic heterocycles. The molecule has 8 heteroatoms. The third-order valence-corrected chi connectivity index (χ3v) is 7.54. The van der Waals surface area contributed by atoms with Gasteiger partial charge in [-0.1, -0.05) is 42.5 Å². The maximum absolute atomic E-state index is 13.8. The number of hydrogen-bond donors (Lipinski definition) is 2. The van der Waals surface area contributed by atoms with E-state index in [0.29, 0.717) is 63.5 Å². The van der Waals surface area contributed by atoms with Gasteiger partial charge in [-0.05, 0) is 68.2 Å². The lowest BCUT2D eigenvalue weighted by Crippen LogP contribution is -2.36. The second-order valence-corrected chi connectivity index (χ2v) is 10.6. The van der Waals surface area contributed by atoms with Crippen LogP contribution in [0.3, 0.4) is 0 Å². The van der Waals surface area contributed by atoms with Gasteiger partial charge in [-0.15, -0.1) is 0 Å². The summed E-state index contributed by atoms with van der Waals surface area (Å²) >= 11 is 0. The van der Waals surface area contributed by atoms with E-state index >= 15 is 0 Å². The summed E-state index contributed by atoms with van der Waals surface area (Å²) < 4.78 is 0. The topological polar surface area (TPSA) is 89.4 Å². The van der Waals surface area contributed by atoms with E-state index in [9.17, 15) is 9.59 Å². The fraction of sp³-hybridized carbons (Fsp3) is 0.353. The predicted molar refractivity (Wildman–Crippen MR) is 170 cm³/mol. The van der Waals surface area contributed by atoms with Crippen LogP contribution in [0, 0.1) is 0 Å². The molecule has 218 valence electrons. The van der Waals surface area contributed by atoms with Gasteiger partial charge in [-0.3, -0.25) is 19.6 Å². The van der Waals surface area contributed by atoms with Crippen molar-refractivity contribution in [3.05, 3.63) is 108 Å². The van der Waals surface area contributed by atoms with Crippen molar-refractivity contribution in [1.29, 1.82) is 0 Å². The Labute approximate surface area is 248 Å². The third kappa shape index (κ3) is 7.84. The summed E-state index contributed by atoms with van der Waals surface area (Å²) in [6, 6.07) is 7.21. The number of aliphatic imine (C=N–C) groups is 2. The maximum atomic E-state index is 13.8. The van der Waals surface area contributed by atoms with Crippen molar-refractivity contribution in [3.8, 4) is 0 Å². The summed E-state index contributed by atoms with van der Waals surface area (Å²) in [5.74, 6) is -0.111. The van der Waals surface area contributed by atoms with E-state index in [-0.39, 0.29) is 11.8 Å². The van der Waals surface area contributed by atoms with E-state index in [2.05, 4.69) is 10.6 Å². The number of nitrogens with one attached hydrogen (secondary N) is 2. The molecule has 4 bridgehead atoms. The number of rotatable bonds is 0. The molecule has 1 aromatic rings. The lowest BCUT2D eigenvalue weighted by Gasteiger charge is -2.24. The molecule has 0 radical (unpaired) electrons. The van der Waals surface area contributed by atoms with Gasteiger partial charge in [0.25, 0.3) is 11.8 Å². The summed E-state index contributed by atoms with van der Waals surface area (Å²) in [5, 5.41) is 7.08. The van der Waals surface area contributed by atoms with Crippen LogP contribution < -0.4 is 10.6 Å². The molecule has 1 aromatic carbocycles. The first-order valence-electron chi connectivity index (χ1n) is 15.0. The van der Waals surface area contributed by atoms with Crippen LogP contribution in [0.2, 0.25) is 0 Å². The largest absolute Gasteiger partial charge is 0.383 e. The first-order valence-corrected chi connectivity index (χ1v) is 15.0. The van der Waals surface area contributed by atoms with Gasteiger partial charge >= 0.3 is 0 Å². The average Bonchev–Trinajstić information content (AvgIpc) is 3.38. The number of benzene rings is 1. The van der Waals surface area contributed by atoms with Crippen LogP contribution in [0.5, 0.6) is 0 Å². The number of fused-ring (bicyclic) bond motifs is 4. The maximum Gasteiger partial charge on any atom is 0.253 e. The lowest BCUT2D eigenvalue weighted by atomic mass is 10.1. The van der Waals surface area contributed by atoms with E-state index in [1.165, 1.54) is 0 Å². The van der Waals surface area contributed by atoms with Crippen molar-refractivity contribution in [2.24, 2.45) is 9.98 Å². The number of hydrogen-bond acceptors (Lipinski definition) is 6. The molecule has 0 saturated heterocycles. The van der Waals surface area contributed by atoms with Gasteiger partial charge in [0, 0.05) is 63.5 Å². The van der Waals surface area contributed by atoms with Crippen LogP contribution in [0.4, 0.5) is 0 Å². The molecule has 0 aromatic heterocycles. The second-order valence-electron chi connectivity index (χ2n) is 10.6. The molecule has 2 amide bonds. The first-order chi connectivity index (χ1) is 20.7. The molecule has 0 atom stereocenters. The fourth-order valence-corrected chi connectivity index (χ4v) is 5.34. The number of carbonyl (C=O) groups is 2. The van der Waals surface area contributed by atoms with E-state index < -0.39 is 0 Å². The first kappa shape index (κ1) is 29.0. The minimum atomic E-state index is -0.0632. The van der Waals surface area contributed by atoms with Crippen molar-refractivity contribution in [2.45, 2.75) is 25.7 Å². The molecule has 2 aliphatic carbocycles. The second kappa shape index (κ2) is 15.0. The summed E-state index contributed by atoms with van der Waals surface area (Å²) in [6.45, 7) is 4.98. The van der Waals surface area contributed by atoms with Gasteiger partial charge in [-0.2, -0.15) is 0 Å². The zero-order valence-corrected chi connectivity index (χ0v) is 24.2. The molecule has 2 N–H and O–H groups in total. The summed E-state index contributed by atoms with van der Waals surface area (Å²) in [6.07, 6.45) is 23.1. The standard InChI is InChI=1S/C34H40N6O2/c41-33-27-12-7-13-28(26-27)34(42)40-23-9-19-36-30-15-4-1-3-14-29(30)35-18-8-22-39(33)24-10-20-37-31-16-5-2-6-17-32(31)38-21-11-25-40/h1-7,12-17,26,35,37H,8-11,18-25H2. The molecule has 5 rings (SSSR count). The van der Waals surface area contributed by atoms with E-state index in [1.807, 2.05) is 88.8 Å². The van der Waals surface area contributed by atoms with E-state index in [1.54, 1.807) is 6.07 Å². The van der Waals surface area contributed by atoms with E-state index in [4.69, 9.17) is 9.98 Å². The third-order valence-electron chi connectivity index (χ3n) is 7.54. The summed E-state index contributed by atoms with van der Waals surface area (Å²) in [7, 11) is 0. The Hall–Kier alpha value is -4.46.